The first-order valence-electron chi connectivity index (χ1n) is 13.3. The summed E-state index contributed by atoms with van der Waals surface area (Å²) in [7, 11) is 0. The van der Waals surface area contributed by atoms with E-state index in [0.717, 1.165) is 68.7 Å². The predicted octanol–water partition coefficient (Wildman–Crippen LogP) is 3.77. The monoisotopic (exact) mass is 504 g/mol. The number of hydrogen-bond acceptors (Lipinski definition) is 5. The molecule has 3 amide bonds. The Balaban J connectivity index is 1.34. The van der Waals surface area contributed by atoms with Gasteiger partial charge in [0.05, 0.1) is 12.3 Å². The summed E-state index contributed by atoms with van der Waals surface area (Å²) in [5.41, 5.74) is 10.1. The lowest BCUT2D eigenvalue weighted by Gasteiger charge is -2.45. The van der Waals surface area contributed by atoms with E-state index in [1.807, 2.05) is 28.9 Å². The Hall–Kier alpha value is -3.39. The Labute approximate surface area is 218 Å². The maximum atomic E-state index is 12.8. The zero-order valence-corrected chi connectivity index (χ0v) is 21.7. The molecule has 5 rings (SSSR count). The highest BCUT2D eigenvalue weighted by Gasteiger charge is 2.47. The summed E-state index contributed by atoms with van der Waals surface area (Å²) in [5.74, 6) is -0.402. The van der Waals surface area contributed by atoms with Gasteiger partial charge in [0.1, 0.15) is 0 Å². The number of carbonyl (C=O) groups excluding carboxylic acids is 3. The van der Waals surface area contributed by atoms with Gasteiger partial charge in [0.25, 0.3) is 0 Å². The average molecular weight is 505 g/mol. The van der Waals surface area contributed by atoms with Crippen LogP contribution >= 0.6 is 0 Å². The molecule has 3 heterocycles. The lowest BCUT2D eigenvalue weighted by atomic mass is 9.73. The molecule has 3 aliphatic rings. The molecule has 8 heteroatoms. The Kier molecular flexibility index (Phi) is 6.94. The number of anilines is 1. The number of rotatable bonds is 4. The molecule has 2 N–H and O–H groups in total. The first kappa shape index (κ1) is 25.3. The Morgan fingerprint density at radius 3 is 2.27 bits per heavy atom. The van der Waals surface area contributed by atoms with E-state index in [2.05, 4.69) is 23.1 Å². The van der Waals surface area contributed by atoms with E-state index in [9.17, 15) is 14.4 Å². The first-order chi connectivity index (χ1) is 17.8. The number of nitrogens with two attached hydrogens (primary N) is 1. The van der Waals surface area contributed by atoms with Crippen molar-refractivity contribution >= 4 is 23.6 Å². The molecule has 0 aromatic heterocycles. The second-order valence-electron chi connectivity index (χ2n) is 10.5. The van der Waals surface area contributed by atoms with Crippen molar-refractivity contribution in [2.24, 2.45) is 5.73 Å². The maximum absolute atomic E-state index is 12.8. The Morgan fingerprint density at radius 1 is 1.00 bits per heavy atom. The second kappa shape index (κ2) is 10.2. The molecule has 0 atom stereocenters. The van der Waals surface area contributed by atoms with Crippen molar-refractivity contribution in [3.8, 4) is 11.1 Å². The number of ether oxygens (including phenoxy) is 1. The average Bonchev–Trinajstić information content (AvgIpc) is 3.24. The molecule has 2 saturated heterocycles. The van der Waals surface area contributed by atoms with E-state index < -0.39 is 5.91 Å². The van der Waals surface area contributed by atoms with Crippen LogP contribution < -0.4 is 10.6 Å². The van der Waals surface area contributed by atoms with Crippen LogP contribution in [0.1, 0.15) is 55.5 Å². The van der Waals surface area contributed by atoms with Gasteiger partial charge >= 0.3 is 6.09 Å². The van der Waals surface area contributed by atoms with Crippen molar-refractivity contribution in [3.63, 3.8) is 0 Å². The van der Waals surface area contributed by atoms with Gasteiger partial charge < -0.3 is 25.2 Å². The van der Waals surface area contributed by atoms with Crippen molar-refractivity contribution in [1.29, 1.82) is 0 Å². The van der Waals surface area contributed by atoms with E-state index in [4.69, 9.17) is 10.5 Å². The fraction of sp³-hybridized carbons (Fsp3) is 0.483. The van der Waals surface area contributed by atoms with Crippen LogP contribution in [-0.2, 0) is 14.9 Å². The van der Waals surface area contributed by atoms with Gasteiger partial charge in [-0.25, -0.2) is 4.79 Å². The highest BCUT2D eigenvalue weighted by atomic mass is 16.6. The van der Waals surface area contributed by atoms with Crippen LogP contribution in [0.25, 0.3) is 11.1 Å². The minimum Gasteiger partial charge on any atom is -0.450 e. The minimum atomic E-state index is -0.451. The molecule has 8 nitrogen and oxygen atoms in total. The van der Waals surface area contributed by atoms with Gasteiger partial charge in [-0.15, -0.1) is 0 Å². The van der Waals surface area contributed by atoms with E-state index in [1.54, 1.807) is 19.1 Å². The third kappa shape index (κ3) is 4.70. The summed E-state index contributed by atoms with van der Waals surface area (Å²) in [6.07, 6.45) is 3.71. The molecule has 3 aliphatic heterocycles. The Bertz CT molecular complexity index is 1180. The van der Waals surface area contributed by atoms with Crippen LogP contribution in [0, 0.1) is 0 Å². The largest absolute Gasteiger partial charge is 0.450 e. The number of likely N-dealkylation sites (tertiary alicyclic amines) is 2. The second-order valence-corrected chi connectivity index (χ2v) is 10.5. The van der Waals surface area contributed by atoms with Crippen LogP contribution in [0.5, 0.6) is 0 Å². The highest BCUT2D eigenvalue weighted by molar-refractivity contribution is 6.00. The van der Waals surface area contributed by atoms with Gasteiger partial charge in [0, 0.05) is 49.1 Å². The number of fused-ring (bicyclic) bond motifs is 2. The van der Waals surface area contributed by atoms with Crippen LogP contribution in [-0.4, -0.2) is 73.1 Å². The van der Waals surface area contributed by atoms with Crippen LogP contribution in [0.2, 0.25) is 0 Å². The third-order valence-electron chi connectivity index (χ3n) is 8.46. The summed E-state index contributed by atoms with van der Waals surface area (Å²) in [6, 6.07) is 14.1. The first-order valence-corrected chi connectivity index (χ1v) is 13.3. The number of carbonyl (C=O) groups is 3. The van der Waals surface area contributed by atoms with Crippen molar-refractivity contribution in [1.82, 2.24) is 9.80 Å². The molecule has 2 aromatic carbocycles. The van der Waals surface area contributed by atoms with Crippen molar-refractivity contribution < 1.29 is 19.1 Å². The van der Waals surface area contributed by atoms with Gasteiger partial charge in [0.2, 0.25) is 11.8 Å². The van der Waals surface area contributed by atoms with E-state index >= 15 is 0 Å². The van der Waals surface area contributed by atoms with Crippen molar-refractivity contribution in [3.05, 3.63) is 53.6 Å². The summed E-state index contributed by atoms with van der Waals surface area (Å²) in [6.45, 7) is 8.02. The number of primary amides is 1. The summed E-state index contributed by atoms with van der Waals surface area (Å²) < 4.78 is 5.17. The number of amides is 3. The standard InChI is InChI=1S/C29H36N4O4/c1-3-37-28(36)32-15-11-23(12-16-32)31-17-13-29(14-18-31)19-33(20(2)34)26-24(5-4-6-25(26)29)21-7-9-22(10-8-21)27(30)35/h4-10,23H,3,11-19H2,1-2H3,(H2,30,35). The molecule has 0 bridgehead atoms. The topological polar surface area (TPSA) is 96.2 Å². The molecule has 196 valence electrons. The summed E-state index contributed by atoms with van der Waals surface area (Å²) in [4.78, 5) is 42.8. The molecule has 0 radical (unpaired) electrons. The van der Waals surface area contributed by atoms with Crippen molar-refractivity contribution in [2.45, 2.75) is 51.0 Å². The van der Waals surface area contributed by atoms with Crippen LogP contribution in [0.15, 0.2) is 42.5 Å². The fourth-order valence-electron chi connectivity index (χ4n) is 6.42. The molecule has 0 saturated carbocycles. The zero-order chi connectivity index (χ0) is 26.2. The van der Waals surface area contributed by atoms with Crippen LogP contribution in [0.3, 0.4) is 0 Å². The third-order valence-corrected chi connectivity index (χ3v) is 8.46. The fourth-order valence-corrected chi connectivity index (χ4v) is 6.42. The summed E-state index contributed by atoms with van der Waals surface area (Å²) in [5, 5.41) is 0. The highest BCUT2D eigenvalue weighted by Crippen LogP contribution is 2.51. The number of nitrogens with zero attached hydrogens (tertiary/aromatic N) is 3. The van der Waals surface area contributed by atoms with E-state index in [-0.39, 0.29) is 17.4 Å². The number of hydrogen-bond donors (Lipinski definition) is 1. The van der Waals surface area contributed by atoms with Crippen molar-refractivity contribution in [2.75, 3.05) is 44.2 Å². The smallest absolute Gasteiger partial charge is 0.409 e. The van der Waals surface area contributed by atoms with Gasteiger partial charge in [-0.05, 0) is 69.0 Å². The molecular formula is C29H36N4O4. The zero-order valence-electron chi connectivity index (χ0n) is 21.7. The van der Waals surface area contributed by atoms with Crippen LogP contribution in [0.4, 0.5) is 10.5 Å². The van der Waals surface area contributed by atoms with Gasteiger partial charge in [-0.2, -0.15) is 0 Å². The normalized spacial score (nSPS) is 19.6. The van der Waals surface area contributed by atoms with E-state index in [0.29, 0.717) is 24.8 Å². The molecule has 1 spiro atoms. The number of piperidine rings is 2. The maximum Gasteiger partial charge on any atom is 0.409 e. The molecule has 0 aliphatic carbocycles. The lowest BCUT2D eigenvalue weighted by Crippen LogP contribution is -2.52. The SMILES string of the molecule is CCOC(=O)N1CCC(N2CCC3(CC2)CN(C(C)=O)c2c(-c4ccc(C(N)=O)cc4)cccc23)CC1. The van der Waals surface area contributed by atoms with Gasteiger partial charge in [-0.3, -0.25) is 9.59 Å². The minimum absolute atomic E-state index is 0.0492. The number of para-hydroxylation sites is 1. The number of benzene rings is 2. The molecular weight excluding hydrogens is 468 g/mol. The molecule has 0 unspecified atom stereocenters. The van der Waals surface area contributed by atoms with E-state index in [1.165, 1.54) is 5.56 Å². The Morgan fingerprint density at radius 2 is 1.68 bits per heavy atom. The summed E-state index contributed by atoms with van der Waals surface area (Å²) >= 11 is 0. The lowest BCUT2D eigenvalue weighted by molar-refractivity contribution is -0.116. The quantitative estimate of drug-likeness (QED) is 0.684. The van der Waals surface area contributed by atoms with Gasteiger partial charge in [-0.1, -0.05) is 30.3 Å². The van der Waals surface area contributed by atoms with Gasteiger partial charge in [0.15, 0.2) is 0 Å². The molecule has 2 aromatic rings. The molecule has 37 heavy (non-hydrogen) atoms. The predicted molar refractivity (Wildman–Crippen MR) is 143 cm³/mol. The molecule has 2 fully saturated rings.